The SMILES string of the molecule is CC1(NC(=O)c2nccnc2N)CCCCC1C(=O)O. The van der Waals surface area contributed by atoms with Gasteiger partial charge >= 0.3 is 5.97 Å². The number of carbonyl (C=O) groups excluding carboxylic acids is 1. The molecule has 1 aliphatic rings. The van der Waals surface area contributed by atoms with Crippen LogP contribution in [-0.2, 0) is 4.79 Å². The van der Waals surface area contributed by atoms with Crippen molar-refractivity contribution in [3.63, 3.8) is 0 Å². The lowest BCUT2D eigenvalue weighted by Gasteiger charge is -2.39. The Morgan fingerprint density at radius 2 is 2.10 bits per heavy atom. The van der Waals surface area contributed by atoms with E-state index >= 15 is 0 Å². The molecule has 1 saturated carbocycles. The number of carboxylic acids is 1. The number of hydrogen-bond donors (Lipinski definition) is 3. The van der Waals surface area contributed by atoms with E-state index in [9.17, 15) is 14.7 Å². The predicted molar refractivity (Wildman–Crippen MR) is 71.9 cm³/mol. The van der Waals surface area contributed by atoms with Gasteiger partial charge in [0, 0.05) is 12.4 Å². The van der Waals surface area contributed by atoms with Crippen LogP contribution < -0.4 is 11.1 Å². The van der Waals surface area contributed by atoms with Crippen LogP contribution in [0.1, 0.15) is 43.1 Å². The van der Waals surface area contributed by atoms with Gasteiger partial charge in [0.2, 0.25) is 0 Å². The molecule has 1 aliphatic carbocycles. The Morgan fingerprint density at radius 1 is 1.40 bits per heavy atom. The summed E-state index contributed by atoms with van der Waals surface area (Å²) in [5.74, 6) is -1.93. The van der Waals surface area contributed by atoms with Crippen LogP contribution in [0.4, 0.5) is 5.82 Å². The van der Waals surface area contributed by atoms with Crippen LogP contribution in [0.15, 0.2) is 12.4 Å². The summed E-state index contributed by atoms with van der Waals surface area (Å²) in [4.78, 5) is 31.3. The first-order valence-electron chi connectivity index (χ1n) is 6.56. The van der Waals surface area contributed by atoms with Crippen molar-refractivity contribution in [1.82, 2.24) is 15.3 Å². The minimum atomic E-state index is -0.889. The molecule has 7 heteroatoms. The monoisotopic (exact) mass is 278 g/mol. The van der Waals surface area contributed by atoms with Gasteiger partial charge in [0.25, 0.3) is 5.91 Å². The molecule has 108 valence electrons. The average Bonchev–Trinajstić information content (AvgIpc) is 2.38. The van der Waals surface area contributed by atoms with Crippen LogP contribution in [0, 0.1) is 5.92 Å². The normalized spacial score (nSPS) is 25.9. The van der Waals surface area contributed by atoms with E-state index in [1.165, 1.54) is 12.4 Å². The molecule has 20 heavy (non-hydrogen) atoms. The minimum absolute atomic E-state index is 0.0310. The van der Waals surface area contributed by atoms with Gasteiger partial charge in [-0.05, 0) is 19.8 Å². The fourth-order valence-electron chi connectivity index (χ4n) is 2.72. The molecule has 1 aromatic heterocycles. The van der Waals surface area contributed by atoms with E-state index in [-0.39, 0.29) is 11.5 Å². The zero-order chi connectivity index (χ0) is 14.8. The van der Waals surface area contributed by atoms with Crippen LogP contribution >= 0.6 is 0 Å². The quantitative estimate of drug-likeness (QED) is 0.753. The molecule has 0 aromatic carbocycles. The Kier molecular flexibility index (Phi) is 3.87. The highest BCUT2D eigenvalue weighted by molar-refractivity contribution is 5.97. The number of nitrogen functional groups attached to an aromatic ring is 1. The van der Waals surface area contributed by atoms with E-state index in [1.54, 1.807) is 6.92 Å². The molecule has 1 amide bonds. The number of rotatable bonds is 3. The largest absolute Gasteiger partial charge is 0.481 e. The summed E-state index contributed by atoms with van der Waals surface area (Å²) in [6, 6.07) is 0. The highest BCUT2D eigenvalue weighted by Crippen LogP contribution is 2.34. The molecule has 0 spiro atoms. The topological polar surface area (TPSA) is 118 Å². The number of nitrogens with two attached hydrogens (primary N) is 1. The fraction of sp³-hybridized carbons (Fsp3) is 0.538. The number of hydrogen-bond acceptors (Lipinski definition) is 5. The number of carbonyl (C=O) groups is 2. The molecule has 1 heterocycles. The zero-order valence-electron chi connectivity index (χ0n) is 11.3. The second kappa shape index (κ2) is 5.44. The van der Waals surface area contributed by atoms with Crippen molar-refractivity contribution in [1.29, 1.82) is 0 Å². The Hall–Kier alpha value is -2.18. The van der Waals surface area contributed by atoms with Crippen LogP contribution in [0.25, 0.3) is 0 Å². The molecule has 0 bridgehead atoms. The van der Waals surface area contributed by atoms with Crippen molar-refractivity contribution in [3.8, 4) is 0 Å². The third-order valence-corrected chi connectivity index (χ3v) is 3.85. The maximum Gasteiger partial charge on any atom is 0.308 e. The predicted octanol–water partition coefficient (Wildman–Crippen LogP) is 0.822. The molecule has 0 saturated heterocycles. The first-order valence-corrected chi connectivity index (χ1v) is 6.56. The molecule has 0 radical (unpaired) electrons. The first-order chi connectivity index (χ1) is 9.44. The molecule has 1 aromatic rings. The lowest BCUT2D eigenvalue weighted by Crippen LogP contribution is -2.55. The highest BCUT2D eigenvalue weighted by atomic mass is 16.4. The molecular weight excluding hydrogens is 260 g/mol. The van der Waals surface area contributed by atoms with Gasteiger partial charge in [-0.25, -0.2) is 9.97 Å². The third-order valence-electron chi connectivity index (χ3n) is 3.85. The van der Waals surface area contributed by atoms with E-state index in [2.05, 4.69) is 15.3 Å². The molecule has 7 nitrogen and oxygen atoms in total. The number of nitrogens with one attached hydrogen (secondary N) is 1. The van der Waals surface area contributed by atoms with Crippen molar-refractivity contribution in [3.05, 3.63) is 18.1 Å². The third kappa shape index (κ3) is 2.71. The van der Waals surface area contributed by atoms with Gasteiger partial charge in [-0.15, -0.1) is 0 Å². The van der Waals surface area contributed by atoms with Crippen molar-refractivity contribution in [2.45, 2.75) is 38.1 Å². The first kappa shape index (κ1) is 14.2. The molecule has 2 rings (SSSR count). The summed E-state index contributed by atoms with van der Waals surface area (Å²) in [6.07, 6.45) is 5.70. The van der Waals surface area contributed by atoms with Crippen molar-refractivity contribution in [2.75, 3.05) is 5.73 Å². The number of amides is 1. The number of anilines is 1. The molecule has 0 aliphatic heterocycles. The molecule has 4 N–H and O–H groups in total. The van der Waals surface area contributed by atoms with Crippen molar-refractivity contribution >= 4 is 17.7 Å². The van der Waals surface area contributed by atoms with Crippen LogP contribution in [0.2, 0.25) is 0 Å². The number of nitrogens with zero attached hydrogens (tertiary/aromatic N) is 2. The maximum absolute atomic E-state index is 12.2. The van der Waals surface area contributed by atoms with E-state index in [0.717, 1.165) is 12.8 Å². The second-order valence-corrected chi connectivity index (χ2v) is 5.30. The number of carboxylic acid groups (broad SMARTS) is 1. The summed E-state index contributed by atoms with van der Waals surface area (Å²) in [5, 5.41) is 12.1. The van der Waals surface area contributed by atoms with E-state index in [0.29, 0.717) is 12.8 Å². The standard InChI is InChI=1S/C13H18N4O3/c1-13(5-3-2-4-8(13)12(19)20)17-11(18)9-10(14)16-7-6-15-9/h6-8H,2-5H2,1H3,(H2,14,16)(H,17,18)(H,19,20). The average molecular weight is 278 g/mol. The van der Waals surface area contributed by atoms with Gasteiger partial charge < -0.3 is 16.2 Å². The summed E-state index contributed by atoms with van der Waals surface area (Å²) in [6.45, 7) is 1.76. The summed E-state index contributed by atoms with van der Waals surface area (Å²) in [7, 11) is 0. The van der Waals surface area contributed by atoms with Crippen molar-refractivity contribution < 1.29 is 14.7 Å². The van der Waals surface area contributed by atoms with Gasteiger partial charge in [-0.2, -0.15) is 0 Å². The minimum Gasteiger partial charge on any atom is -0.481 e. The Morgan fingerprint density at radius 3 is 2.75 bits per heavy atom. The Balaban J connectivity index is 2.20. The van der Waals surface area contributed by atoms with E-state index in [1.807, 2.05) is 0 Å². The van der Waals surface area contributed by atoms with Crippen LogP contribution in [0.3, 0.4) is 0 Å². The number of aromatic nitrogens is 2. The molecular formula is C13H18N4O3. The Labute approximate surface area is 116 Å². The summed E-state index contributed by atoms with van der Waals surface area (Å²) >= 11 is 0. The summed E-state index contributed by atoms with van der Waals surface area (Å²) < 4.78 is 0. The molecule has 2 unspecified atom stereocenters. The lowest BCUT2D eigenvalue weighted by molar-refractivity contribution is -0.145. The molecule has 2 atom stereocenters. The zero-order valence-corrected chi connectivity index (χ0v) is 11.3. The van der Waals surface area contributed by atoms with Gasteiger partial charge in [0.15, 0.2) is 11.5 Å². The maximum atomic E-state index is 12.2. The van der Waals surface area contributed by atoms with Crippen molar-refractivity contribution in [2.24, 2.45) is 5.92 Å². The van der Waals surface area contributed by atoms with Gasteiger partial charge in [-0.3, -0.25) is 9.59 Å². The fourth-order valence-corrected chi connectivity index (χ4v) is 2.72. The van der Waals surface area contributed by atoms with Crippen LogP contribution in [0.5, 0.6) is 0 Å². The summed E-state index contributed by atoms with van der Waals surface area (Å²) in [5.41, 5.74) is 4.86. The van der Waals surface area contributed by atoms with Gasteiger partial charge in [-0.1, -0.05) is 12.8 Å². The Bertz CT molecular complexity index is 534. The number of aliphatic carboxylic acids is 1. The second-order valence-electron chi connectivity index (χ2n) is 5.30. The van der Waals surface area contributed by atoms with E-state index in [4.69, 9.17) is 5.73 Å². The smallest absolute Gasteiger partial charge is 0.308 e. The van der Waals surface area contributed by atoms with Gasteiger partial charge in [0.1, 0.15) is 0 Å². The molecule has 1 fully saturated rings. The van der Waals surface area contributed by atoms with Gasteiger partial charge in [0.05, 0.1) is 11.5 Å². The van der Waals surface area contributed by atoms with E-state index < -0.39 is 23.3 Å². The highest BCUT2D eigenvalue weighted by Gasteiger charge is 2.42. The lowest BCUT2D eigenvalue weighted by atomic mass is 9.74. The van der Waals surface area contributed by atoms with Crippen LogP contribution in [-0.4, -0.2) is 32.5 Å².